The molecule has 1 fully saturated rings. The Kier molecular flexibility index (Phi) is 4.27. The van der Waals surface area contributed by atoms with E-state index in [4.69, 9.17) is 0 Å². The number of piperazine rings is 1. The maximum atomic E-state index is 9.20. The molecule has 0 unspecified atom stereocenters. The van der Waals surface area contributed by atoms with Gasteiger partial charge in [-0.15, -0.1) is 10.2 Å². The quantitative estimate of drug-likeness (QED) is 0.709. The highest BCUT2D eigenvalue weighted by molar-refractivity contribution is 5.77. The van der Waals surface area contributed by atoms with Crippen molar-refractivity contribution in [1.82, 2.24) is 25.9 Å². The molecule has 0 atom stereocenters. The van der Waals surface area contributed by atoms with Crippen LogP contribution < -0.4 is 15.5 Å². The molecule has 0 bridgehead atoms. The van der Waals surface area contributed by atoms with Gasteiger partial charge in [-0.3, -0.25) is 0 Å². The average molecular weight is 296 g/mol. The van der Waals surface area contributed by atoms with Gasteiger partial charge >= 0.3 is 0 Å². The number of hydrogen-bond acceptors (Lipinski definition) is 7. The van der Waals surface area contributed by atoms with Crippen LogP contribution >= 0.6 is 0 Å². The summed E-state index contributed by atoms with van der Waals surface area (Å²) >= 11 is 0. The van der Waals surface area contributed by atoms with Crippen LogP contribution in [0.5, 0.6) is 0 Å². The van der Waals surface area contributed by atoms with E-state index in [-0.39, 0.29) is 5.82 Å². The van der Waals surface area contributed by atoms with E-state index in [2.05, 4.69) is 48.3 Å². The smallest absolute Gasteiger partial charge is 0.216 e. The average Bonchev–Trinajstić information content (AvgIpc) is 3.11. The number of aromatic amines is 1. The van der Waals surface area contributed by atoms with Gasteiger partial charge in [0.2, 0.25) is 5.82 Å². The Morgan fingerprint density at radius 2 is 2.14 bits per heavy atom. The third-order valence-electron chi connectivity index (χ3n) is 3.44. The molecule has 0 spiro atoms. The molecule has 0 saturated carbocycles. The molecule has 1 aromatic heterocycles. The Morgan fingerprint density at radius 1 is 1.32 bits per heavy atom. The molecule has 1 aromatic carbocycles. The van der Waals surface area contributed by atoms with Crippen molar-refractivity contribution in [3.63, 3.8) is 0 Å². The number of nitrogens with one attached hydrogen (secondary N) is 3. The lowest BCUT2D eigenvalue weighted by Gasteiger charge is -2.31. The normalized spacial score (nSPS) is 15.4. The zero-order chi connectivity index (χ0) is 15.2. The molecule has 22 heavy (non-hydrogen) atoms. The highest BCUT2D eigenvalue weighted by atomic mass is 15.5. The number of hydrogen-bond donors (Lipinski definition) is 3. The van der Waals surface area contributed by atoms with Crippen molar-refractivity contribution in [2.24, 2.45) is 0 Å². The number of nitrogens with zero attached hydrogens (tertiary/aromatic N) is 5. The molecule has 1 saturated heterocycles. The van der Waals surface area contributed by atoms with E-state index in [1.807, 2.05) is 18.2 Å². The van der Waals surface area contributed by atoms with Crippen molar-refractivity contribution in [1.29, 1.82) is 5.26 Å². The third kappa shape index (κ3) is 3.05. The van der Waals surface area contributed by atoms with Crippen LogP contribution in [-0.4, -0.2) is 46.8 Å². The molecular weight excluding hydrogens is 280 g/mol. The molecule has 1 aliphatic heterocycles. The Morgan fingerprint density at radius 3 is 2.86 bits per heavy atom. The van der Waals surface area contributed by atoms with Gasteiger partial charge in [0.15, 0.2) is 0 Å². The maximum Gasteiger partial charge on any atom is 0.216 e. The second-order valence-corrected chi connectivity index (χ2v) is 4.80. The van der Waals surface area contributed by atoms with Crippen LogP contribution in [0.3, 0.4) is 0 Å². The summed E-state index contributed by atoms with van der Waals surface area (Å²) in [6.45, 7) is 3.85. The van der Waals surface area contributed by atoms with Crippen LogP contribution in [0.15, 0.2) is 30.5 Å². The number of benzene rings is 1. The predicted octanol–water partition coefficient (Wildman–Crippen LogP) is 0.586. The first-order valence-corrected chi connectivity index (χ1v) is 7.04. The number of allylic oxidation sites excluding steroid dienone is 1. The van der Waals surface area contributed by atoms with Crippen LogP contribution in [0.1, 0.15) is 5.82 Å². The SMILES string of the molecule is N#CC(=CNc1ccccc1N1CCNCC1)c1nn[nH]n1. The van der Waals surface area contributed by atoms with Crippen LogP contribution in [0.2, 0.25) is 0 Å². The summed E-state index contributed by atoms with van der Waals surface area (Å²) in [5, 5.41) is 29.2. The van der Waals surface area contributed by atoms with Gasteiger partial charge in [-0.05, 0) is 17.3 Å². The number of tetrazole rings is 1. The molecule has 8 heteroatoms. The van der Waals surface area contributed by atoms with Gasteiger partial charge in [-0.1, -0.05) is 12.1 Å². The number of rotatable bonds is 4. The van der Waals surface area contributed by atoms with Crippen molar-refractivity contribution in [2.75, 3.05) is 36.4 Å². The summed E-state index contributed by atoms with van der Waals surface area (Å²) in [4.78, 5) is 2.31. The molecule has 0 aliphatic carbocycles. The minimum absolute atomic E-state index is 0.273. The molecule has 3 rings (SSSR count). The highest BCUT2D eigenvalue weighted by Crippen LogP contribution is 2.26. The summed E-state index contributed by atoms with van der Waals surface area (Å²) in [6.07, 6.45) is 1.60. The monoisotopic (exact) mass is 296 g/mol. The molecule has 112 valence electrons. The molecular formula is C14H16N8. The lowest BCUT2D eigenvalue weighted by atomic mass is 10.2. The minimum Gasteiger partial charge on any atom is -0.367 e. The van der Waals surface area contributed by atoms with Crippen molar-refractivity contribution < 1.29 is 0 Å². The summed E-state index contributed by atoms with van der Waals surface area (Å²) in [5.41, 5.74) is 2.38. The topological polar surface area (TPSA) is 106 Å². The zero-order valence-electron chi connectivity index (χ0n) is 12.0. The number of para-hydroxylation sites is 2. The zero-order valence-corrected chi connectivity index (χ0v) is 12.0. The summed E-state index contributed by atoms with van der Waals surface area (Å²) in [6, 6.07) is 10.1. The Balaban J connectivity index is 1.82. The van der Waals surface area contributed by atoms with Gasteiger partial charge in [0.25, 0.3) is 0 Å². The fourth-order valence-electron chi connectivity index (χ4n) is 2.35. The highest BCUT2D eigenvalue weighted by Gasteiger charge is 2.13. The third-order valence-corrected chi connectivity index (χ3v) is 3.44. The summed E-state index contributed by atoms with van der Waals surface area (Å²) < 4.78 is 0. The molecule has 1 aliphatic rings. The molecule has 0 radical (unpaired) electrons. The first-order valence-electron chi connectivity index (χ1n) is 7.04. The number of anilines is 2. The summed E-state index contributed by atoms with van der Waals surface area (Å²) in [5.74, 6) is 0.273. The molecule has 0 amide bonds. The van der Waals surface area contributed by atoms with E-state index in [0.717, 1.165) is 37.6 Å². The van der Waals surface area contributed by atoms with Crippen LogP contribution in [-0.2, 0) is 0 Å². The van der Waals surface area contributed by atoms with Gasteiger partial charge in [0.05, 0.1) is 11.4 Å². The first-order chi connectivity index (χ1) is 10.9. The largest absolute Gasteiger partial charge is 0.367 e. The number of H-pyrrole nitrogens is 1. The van der Waals surface area contributed by atoms with E-state index in [0.29, 0.717) is 5.57 Å². The first kappa shape index (κ1) is 14.0. The molecule has 2 heterocycles. The Bertz CT molecular complexity index is 679. The standard InChI is InChI=1S/C14H16N8/c15-9-11(14-18-20-21-19-14)10-17-12-3-1-2-4-13(12)22-7-5-16-6-8-22/h1-4,10,16-17H,5-8H2,(H,18,19,20,21). The predicted molar refractivity (Wildman–Crippen MR) is 82.9 cm³/mol. The second kappa shape index (κ2) is 6.69. The fraction of sp³-hybridized carbons (Fsp3) is 0.286. The van der Waals surface area contributed by atoms with Gasteiger partial charge in [-0.25, -0.2) is 0 Å². The van der Waals surface area contributed by atoms with Gasteiger partial charge in [0, 0.05) is 32.4 Å². The van der Waals surface area contributed by atoms with Gasteiger partial charge in [0.1, 0.15) is 11.6 Å². The van der Waals surface area contributed by atoms with E-state index < -0.39 is 0 Å². The second-order valence-electron chi connectivity index (χ2n) is 4.80. The van der Waals surface area contributed by atoms with Crippen LogP contribution in [0.25, 0.3) is 5.57 Å². The van der Waals surface area contributed by atoms with Crippen molar-refractivity contribution in [2.45, 2.75) is 0 Å². The number of nitriles is 1. The lowest BCUT2D eigenvalue weighted by molar-refractivity contribution is 0.589. The maximum absolute atomic E-state index is 9.20. The summed E-state index contributed by atoms with van der Waals surface area (Å²) in [7, 11) is 0. The molecule has 3 N–H and O–H groups in total. The minimum atomic E-state index is 0.273. The van der Waals surface area contributed by atoms with Crippen LogP contribution in [0, 0.1) is 11.3 Å². The van der Waals surface area contributed by atoms with E-state index in [1.165, 1.54) is 0 Å². The number of aromatic nitrogens is 4. The van der Waals surface area contributed by atoms with Crippen LogP contribution in [0.4, 0.5) is 11.4 Å². The van der Waals surface area contributed by atoms with Crippen molar-refractivity contribution in [3.05, 3.63) is 36.3 Å². The fourth-order valence-corrected chi connectivity index (χ4v) is 2.35. The lowest BCUT2D eigenvalue weighted by Crippen LogP contribution is -2.43. The molecule has 2 aromatic rings. The van der Waals surface area contributed by atoms with Crippen molar-refractivity contribution >= 4 is 16.9 Å². The van der Waals surface area contributed by atoms with Gasteiger partial charge < -0.3 is 15.5 Å². The Hall–Kier alpha value is -2.92. The van der Waals surface area contributed by atoms with Crippen molar-refractivity contribution in [3.8, 4) is 6.07 Å². The van der Waals surface area contributed by atoms with E-state index >= 15 is 0 Å². The van der Waals surface area contributed by atoms with E-state index in [1.54, 1.807) is 6.20 Å². The molecule has 8 nitrogen and oxygen atoms in total. The van der Waals surface area contributed by atoms with Gasteiger partial charge in [-0.2, -0.15) is 10.5 Å². The van der Waals surface area contributed by atoms with E-state index in [9.17, 15) is 5.26 Å². The Labute approximate surface area is 127 Å².